The molecule has 0 unspecified atom stereocenters. The van der Waals surface area contributed by atoms with Gasteiger partial charge in [-0.25, -0.2) is 23.5 Å². The number of nitrogens with one attached hydrogen (secondary N) is 2. The summed E-state index contributed by atoms with van der Waals surface area (Å²) < 4.78 is 28.0. The summed E-state index contributed by atoms with van der Waals surface area (Å²) in [7, 11) is 0. The number of carbonyl (C=O) groups excluding carboxylic acids is 1. The highest BCUT2D eigenvalue weighted by Crippen LogP contribution is 2.22. The quantitative estimate of drug-likeness (QED) is 0.568. The van der Waals surface area contributed by atoms with E-state index >= 15 is 0 Å². The van der Waals surface area contributed by atoms with Crippen LogP contribution >= 0.6 is 0 Å². The molecule has 2 heterocycles. The third kappa shape index (κ3) is 3.59. The fourth-order valence-electron chi connectivity index (χ4n) is 2.59. The number of benzene rings is 2. The van der Waals surface area contributed by atoms with Crippen molar-refractivity contribution in [3.8, 4) is 11.3 Å². The van der Waals surface area contributed by atoms with Crippen molar-refractivity contribution in [2.75, 3.05) is 10.6 Å². The van der Waals surface area contributed by atoms with E-state index in [0.29, 0.717) is 17.2 Å². The molecule has 0 spiro atoms. The van der Waals surface area contributed by atoms with Crippen LogP contribution in [0.25, 0.3) is 17.0 Å². The Labute approximate surface area is 152 Å². The van der Waals surface area contributed by atoms with E-state index < -0.39 is 17.7 Å². The van der Waals surface area contributed by atoms with Gasteiger partial charge in [0.1, 0.15) is 0 Å². The first-order valence-electron chi connectivity index (χ1n) is 8.02. The van der Waals surface area contributed by atoms with Crippen molar-refractivity contribution in [3.05, 3.63) is 78.8 Å². The third-order valence-electron chi connectivity index (χ3n) is 3.83. The molecule has 4 aromatic rings. The highest BCUT2D eigenvalue weighted by molar-refractivity contribution is 6.00. The summed E-state index contributed by atoms with van der Waals surface area (Å²) in [6, 6.07) is 11.5. The van der Waals surface area contributed by atoms with Crippen LogP contribution in [-0.4, -0.2) is 20.4 Å². The van der Waals surface area contributed by atoms with Gasteiger partial charge in [0.2, 0.25) is 5.78 Å². The zero-order valence-corrected chi connectivity index (χ0v) is 13.9. The smallest absolute Gasteiger partial charge is 0.308 e. The molecule has 27 heavy (non-hydrogen) atoms. The van der Waals surface area contributed by atoms with Gasteiger partial charge in [0.15, 0.2) is 11.6 Å². The maximum atomic E-state index is 13.2. The van der Waals surface area contributed by atoms with Gasteiger partial charge in [0, 0.05) is 41.6 Å². The van der Waals surface area contributed by atoms with Crippen molar-refractivity contribution in [3.63, 3.8) is 0 Å². The number of carbonyl (C=O) groups is 1. The van der Waals surface area contributed by atoms with Gasteiger partial charge >= 0.3 is 6.03 Å². The number of amides is 2. The number of halogens is 2. The number of aromatic nitrogens is 3. The largest absolute Gasteiger partial charge is 0.323 e. The first kappa shape index (κ1) is 16.6. The van der Waals surface area contributed by atoms with Crippen LogP contribution in [0.15, 0.2) is 67.1 Å². The summed E-state index contributed by atoms with van der Waals surface area (Å²) in [5.41, 5.74) is 2.18. The minimum atomic E-state index is -1.03. The number of rotatable bonds is 3. The number of hydrogen-bond acceptors (Lipinski definition) is 3. The predicted octanol–water partition coefficient (Wildman–Crippen LogP) is 4.32. The van der Waals surface area contributed by atoms with Gasteiger partial charge in [0.05, 0.1) is 5.69 Å². The van der Waals surface area contributed by atoms with Crippen LogP contribution in [0.1, 0.15) is 0 Å². The molecule has 0 aliphatic carbocycles. The van der Waals surface area contributed by atoms with Crippen LogP contribution in [0.3, 0.4) is 0 Å². The molecular formula is C19H13F2N5O. The van der Waals surface area contributed by atoms with Crippen LogP contribution in [0.2, 0.25) is 0 Å². The van der Waals surface area contributed by atoms with Crippen molar-refractivity contribution < 1.29 is 13.6 Å². The maximum Gasteiger partial charge on any atom is 0.323 e. The monoisotopic (exact) mass is 365 g/mol. The molecule has 134 valence electrons. The number of urea groups is 1. The Morgan fingerprint density at radius 2 is 1.78 bits per heavy atom. The van der Waals surface area contributed by atoms with E-state index in [9.17, 15) is 13.6 Å². The molecule has 0 aliphatic rings. The maximum absolute atomic E-state index is 13.2. The summed E-state index contributed by atoms with van der Waals surface area (Å²) in [6.45, 7) is 0. The minimum Gasteiger partial charge on any atom is -0.308 e. The average Bonchev–Trinajstić information content (AvgIpc) is 3.09. The number of anilines is 2. The fraction of sp³-hybridized carbons (Fsp3) is 0. The minimum absolute atomic E-state index is 0.147. The summed E-state index contributed by atoms with van der Waals surface area (Å²) in [5, 5.41) is 5.10. The Balaban J connectivity index is 1.51. The van der Waals surface area contributed by atoms with Gasteiger partial charge in [-0.3, -0.25) is 4.40 Å². The lowest BCUT2D eigenvalue weighted by Gasteiger charge is -2.09. The van der Waals surface area contributed by atoms with E-state index in [2.05, 4.69) is 20.6 Å². The van der Waals surface area contributed by atoms with Gasteiger partial charge in [-0.2, -0.15) is 0 Å². The Bertz CT molecular complexity index is 1110. The lowest BCUT2D eigenvalue weighted by molar-refractivity contribution is 0.262. The SMILES string of the molecule is O=C(Nc1cccc(-c2cn3cccnc3n2)c1)Nc1ccc(F)c(F)c1. The second-order valence-electron chi connectivity index (χ2n) is 5.74. The molecule has 2 aromatic heterocycles. The van der Waals surface area contributed by atoms with Gasteiger partial charge < -0.3 is 10.6 Å². The van der Waals surface area contributed by atoms with Crippen LogP contribution in [-0.2, 0) is 0 Å². The van der Waals surface area contributed by atoms with Crippen LogP contribution in [0, 0.1) is 11.6 Å². The van der Waals surface area contributed by atoms with Crippen molar-refractivity contribution in [2.45, 2.75) is 0 Å². The lowest BCUT2D eigenvalue weighted by Crippen LogP contribution is -2.19. The molecule has 0 radical (unpaired) electrons. The topological polar surface area (TPSA) is 71.3 Å². The molecule has 8 heteroatoms. The Hall–Kier alpha value is -3.81. The number of fused-ring (bicyclic) bond motifs is 1. The van der Waals surface area contributed by atoms with Crippen molar-refractivity contribution in [1.82, 2.24) is 14.4 Å². The van der Waals surface area contributed by atoms with Crippen molar-refractivity contribution in [1.29, 1.82) is 0 Å². The van der Waals surface area contributed by atoms with Crippen molar-refractivity contribution >= 4 is 23.2 Å². The zero-order valence-electron chi connectivity index (χ0n) is 13.9. The van der Waals surface area contributed by atoms with Crippen LogP contribution in [0.4, 0.5) is 25.0 Å². The molecule has 0 saturated heterocycles. The first-order chi connectivity index (χ1) is 13.1. The molecule has 2 aromatic carbocycles. The molecule has 6 nitrogen and oxygen atoms in total. The molecule has 0 bridgehead atoms. The van der Waals surface area contributed by atoms with E-state index in [4.69, 9.17) is 0 Å². The highest BCUT2D eigenvalue weighted by Gasteiger charge is 2.09. The summed E-state index contributed by atoms with van der Waals surface area (Å²) >= 11 is 0. The van der Waals surface area contributed by atoms with Crippen LogP contribution < -0.4 is 10.6 Å². The Morgan fingerprint density at radius 1 is 0.963 bits per heavy atom. The standard InChI is InChI=1S/C19H13F2N5O/c20-15-6-5-14(10-16(15)21)24-19(27)23-13-4-1-3-12(9-13)17-11-26-8-2-7-22-18(26)25-17/h1-11H,(H2,23,24,27). The summed E-state index contributed by atoms with van der Waals surface area (Å²) in [4.78, 5) is 20.7. The second-order valence-corrected chi connectivity index (χ2v) is 5.74. The van der Waals surface area contributed by atoms with Gasteiger partial charge in [0.25, 0.3) is 0 Å². The molecule has 0 atom stereocenters. The lowest BCUT2D eigenvalue weighted by atomic mass is 10.1. The summed E-state index contributed by atoms with van der Waals surface area (Å²) in [5.74, 6) is -1.44. The Kier molecular flexibility index (Phi) is 4.21. The van der Waals surface area contributed by atoms with Gasteiger partial charge in [-0.05, 0) is 30.3 Å². The summed E-state index contributed by atoms with van der Waals surface area (Å²) in [6.07, 6.45) is 5.34. The van der Waals surface area contributed by atoms with Crippen molar-refractivity contribution in [2.24, 2.45) is 0 Å². The van der Waals surface area contributed by atoms with Gasteiger partial charge in [-0.15, -0.1) is 0 Å². The van der Waals surface area contributed by atoms with E-state index in [0.717, 1.165) is 17.7 Å². The van der Waals surface area contributed by atoms with E-state index in [-0.39, 0.29) is 5.69 Å². The number of nitrogens with zero attached hydrogens (tertiary/aromatic N) is 3. The number of hydrogen-bond donors (Lipinski definition) is 2. The second kappa shape index (κ2) is 6.83. The number of imidazole rings is 1. The molecule has 4 rings (SSSR count). The molecule has 2 N–H and O–H groups in total. The van der Waals surface area contributed by atoms with E-state index in [1.54, 1.807) is 34.9 Å². The Morgan fingerprint density at radius 3 is 2.56 bits per heavy atom. The molecule has 2 amide bonds. The first-order valence-corrected chi connectivity index (χ1v) is 8.02. The fourth-order valence-corrected chi connectivity index (χ4v) is 2.59. The van der Waals surface area contributed by atoms with Crippen LogP contribution in [0.5, 0.6) is 0 Å². The third-order valence-corrected chi connectivity index (χ3v) is 3.83. The zero-order chi connectivity index (χ0) is 18.8. The molecule has 0 aliphatic heterocycles. The van der Waals surface area contributed by atoms with E-state index in [1.807, 2.05) is 18.5 Å². The van der Waals surface area contributed by atoms with Gasteiger partial charge in [-0.1, -0.05) is 12.1 Å². The predicted molar refractivity (Wildman–Crippen MR) is 97.4 cm³/mol. The van der Waals surface area contributed by atoms with E-state index in [1.165, 1.54) is 6.07 Å². The highest BCUT2D eigenvalue weighted by atomic mass is 19.2. The average molecular weight is 365 g/mol. The molecule has 0 fully saturated rings. The molecule has 0 saturated carbocycles. The molecular weight excluding hydrogens is 352 g/mol. The normalized spacial score (nSPS) is 10.7.